The second-order valence-electron chi connectivity index (χ2n) is 7.93. The van der Waals surface area contributed by atoms with Gasteiger partial charge < -0.3 is 10.1 Å². The van der Waals surface area contributed by atoms with Gasteiger partial charge >= 0.3 is 0 Å². The topological polar surface area (TPSA) is 77.0 Å². The molecule has 4 rings (SSSR count). The van der Waals surface area contributed by atoms with E-state index in [1.165, 1.54) is 5.56 Å². The molecule has 0 aliphatic carbocycles. The number of hydrogen-bond acceptors (Lipinski definition) is 5. The summed E-state index contributed by atoms with van der Waals surface area (Å²) in [5.41, 5.74) is 3.97. The summed E-state index contributed by atoms with van der Waals surface area (Å²) in [6.45, 7) is 6.29. The summed E-state index contributed by atoms with van der Waals surface area (Å²) in [6, 6.07) is 20.5. The zero-order valence-corrected chi connectivity index (χ0v) is 18.9. The Kier molecular flexibility index (Phi) is 6.74. The first-order valence-corrected chi connectivity index (χ1v) is 11.0. The van der Waals surface area contributed by atoms with Crippen LogP contribution < -0.4 is 10.1 Å². The normalized spacial score (nSPS) is 10.8. The van der Waals surface area contributed by atoms with Crippen LogP contribution in [0.5, 0.6) is 11.6 Å². The molecule has 6 nitrogen and oxygen atoms in total. The smallest absolute Gasteiger partial charge is 0.255 e. The van der Waals surface area contributed by atoms with Gasteiger partial charge in [0.2, 0.25) is 5.88 Å². The summed E-state index contributed by atoms with van der Waals surface area (Å²) in [6.07, 6.45) is 4.14. The fourth-order valence-corrected chi connectivity index (χ4v) is 3.35. The van der Waals surface area contributed by atoms with Crippen LogP contribution in [0.4, 0.5) is 5.69 Å². The molecule has 0 radical (unpaired) electrons. The number of amides is 1. The maximum Gasteiger partial charge on any atom is 0.255 e. The molecular formula is C27H26N4O2. The number of aromatic nitrogens is 3. The van der Waals surface area contributed by atoms with E-state index in [0.29, 0.717) is 23.1 Å². The molecule has 4 aromatic rings. The van der Waals surface area contributed by atoms with Gasteiger partial charge in [0, 0.05) is 30.1 Å². The van der Waals surface area contributed by atoms with Crippen molar-refractivity contribution in [3.63, 3.8) is 0 Å². The standard InChI is InChI=1S/C27H26N4O2/c1-4-25-28-16-14-24(31-25)23-9-6-15-29-27(23)33-22-8-5-7-20(17-22)26(32)30-21-12-10-19(11-13-21)18(2)3/h5-18H,4H2,1-3H3,(H,30,32). The molecule has 2 aromatic heterocycles. The maximum absolute atomic E-state index is 12.8. The summed E-state index contributed by atoms with van der Waals surface area (Å²) >= 11 is 0. The third-order valence-electron chi connectivity index (χ3n) is 5.21. The second-order valence-corrected chi connectivity index (χ2v) is 7.93. The van der Waals surface area contributed by atoms with E-state index in [9.17, 15) is 4.79 Å². The van der Waals surface area contributed by atoms with Crippen molar-refractivity contribution in [2.24, 2.45) is 0 Å². The van der Waals surface area contributed by atoms with E-state index >= 15 is 0 Å². The number of nitrogens with one attached hydrogen (secondary N) is 1. The summed E-state index contributed by atoms with van der Waals surface area (Å²) in [7, 11) is 0. The predicted molar refractivity (Wildman–Crippen MR) is 130 cm³/mol. The molecule has 0 saturated heterocycles. The number of aryl methyl sites for hydroxylation is 1. The first-order chi connectivity index (χ1) is 16.0. The Morgan fingerprint density at radius 2 is 1.79 bits per heavy atom. The van der Waals surface area contributed by atoms with Gasteiger partial charge in [-0.05, 0) is 60.0 Å². The highest BCUT2D eigenvalue weighted by atomic mass is 16.5. The Morgan fingerprint density at radius 3 is 2.55 bits per heavy atom. The molecule has 2 aromatic carbocycles. The van der Waals surface area contributed by atoms with E-state index in [1.807, 2.05) is 49.4 Å². The molecule has 1 N–H and O–H groups in total. The highest BCUT2D eigenvalue weighted by Gasteiger charge is 2.13. The van der Waals surface area contributed by atoms with Gasteiger partial charge in [0.25, 0.3) is 5.91 Å². The zero-order chi connectivity index (χ0) is 23.2. The predicted octanol–water partition coefficient (Wildman–Crippen LogP) is 6.27. The molecule has 0 saturated carbocycles. The lowest BCUT2D eigenvalue weighted by Gasteiger charge is -2.11. The number of rotatable bonds is 7. The van der Waals surface area contributed by atoms with E-state index in [2.05, 4.69) is 34.1 Å². The molecule has 0 spiro atoms. The molecule has 1 amide bonds. The number of ether oxygens (including phenoxy) is 1. The number of hydrogen-bond donors (Lipinski definition) is 1. The van der Waals surface area contributed by atoms with Crippen molar-refractivity contribution in [1.82, 2.24) is 15.0 Å². The number of carbonyl (C=O) groups is 1. The lowest BCUT2D eigenvalue weighted by Crippen LogP contribution is -2.11. The Bertz CT molecular complexity index is 1250. The van der Waals surface area contributed by atoms with E-state index in [0.717, 1.165) is 29.2 Å². The largest absolute Gasteiger partial charge is 0.438 e. The average molecular weight is 439 g/mol. The number of anilines is 1. The fraction of sp³-hybridized carbons (Fsp3) is 0.185. The molecule has 0 unspecified atom stereocenters. The third kappa shape index (κ3) is 5.41. The monoisotopic (exact) mass is 438 g/mol. The van der Waals surface area contributed by atoms with E-state index in [4.69, 9.17) is 4.74 Å². The lowest BCUT2D eigenvalue weighted by molar-refractivity contribution is 0.102. The SMILES string of the molecule is CCc1nccc(-c2cccnc2Oc2cccc(C(=O)Nc3ccc(C(C)C)cc3)c2)n1. The van der Waals surface area contributed by atoms with Gasteiger partial charge in [-0.1, -0.05) is 39.0 Å². The quantitative estimate of drug-likeness (QED) is 0.368. The van der Waals surface area contributed by atoms with Crippen LogP contribution in [0.1, 0.15) is 48.4 Å². The molecule has 6 heteroatoms. The zero-order valence-electron chi connectivity index (χ0n) is 18.9. The molecular weight excluding hydrogens is 412 g/mol. The number of benzene rings is 2. The summed E-state index contributed by atoms with van der Waals surface area (Å²) in [5, 5.41) is 2.94. The van der Waals surface area contributed by atoms with Crippen LogP contribution in [0, 0.1) is 0 Å². The van der Waals surface area contributed by atoms with E-state index < -0.39 is 0 Å². The highest BCUT2D eigenvalue weighted by molar-refractivity contribution is 6.04. The van der Waals surface area contributed by atoms with Gasteiger partial charge in [-0.25, -0.2) is 15.0 Å². The van der Waals surface area contributed by atoms with Crippen molar-refractivity contribution in [3.8, 4) is 22.9 Å². The minimum Gasteiger partial charge on any atom is -0.438 e. The molecule has 0 bridgehead atoms. The van der Waals surface area contributed by atoms with Crippen molar-refractivity contribution >= 4 is 11.6 Å². The van der Waals surface area contributed by atoms with Crippen molar-refractivity contribution in [1.29, 1.82) is 0 Å². The van der Waals surface area contributed by atoms with E-state index in [1.54, 1.807) is 36.7 Å². The van der Waals surface area contributed by atoms with Crippen molar-refractivity contribution in [3.05, 3.63) is 96.1 Å². The van der Waals surface area contributed by atoms with Crippen LogP contribution in [-0.4, -0.2) is 20.9 Å². The van der Waals surface area contributed by atoms with Gasteiger partial charge in [-0.3, -0.25) is 4.79 Å². The van der Waals surface area contributed by atoms with Gasteiger partial charge in [0.15, 0.2) is 0 Å². The van der Waals surface area contributed by atoms with E-state index in [-0.39, 0.29) is 5.91 Å². The summed E-state index contributed by atoms with van der Waals surface area (Å²) in [5.74, 6) is 1.92. The Hall–Kier alpha value is -4.06. The molecule has 166 valence electrons. The maximum atomic E-state index is 12.8. The minimum absolute atomic E-state index is 0.206. The molecule has 33 heavy (non-hydrogen) atoms. The summed E-state index contributed by atoms with van der Waals surface area (Å²) < 4.78 is 6.07. The number of nitrogens with zero attached hydrogens (tertiary/aromatic N) is 3. The van der Waals surface area contributed by atoms with Crippen molar-refractivity contribution in [2.75, 3.05) is 5.32 Å². The van der Waals surface area contributed by atoms with Crippen LogP contribution in [0.3, 0.4) is 0 Å². The van der Waals surface area contributed by atoms with Gasteiger partial charge in [-0.2, -0.15) is 0 Å². The average Bonchev–Trinajstić information content (AvgIpc) is 2.85. The number of carbonyl (C=O) groups excluding carboxylic acids is 1. The highest BCUT2D eigenvalue weighted by Crippen LogP contribution is 2.30. The Balaban J connectivity index is 1.53. The van der Waals surface area contributed by atoms with Gasteiger partial charge in [0.1, 0.15) is 11.6 Å². The molecule has 2 heterocycles. The van der Waals surface area contributed by atoms with Crippen molar-refractivity contribution < 1.29 is 9.53 Å². The van der Waals surface area contributed by atoms with Gasteiger partial charge in [-0.15, -0.1) is 0 Å². The van der Waals surface area contributed by atoms with Crippen LogP contribution in [0.15, 0.2) is 79.1 Å². The summed E-state index contributed by atoms with van der Waals surface area (Å²) in [4.78, 5) is 26.0. The van der Waals surface area contributed by atoms with Gasteiger partial charge in [0.05, 0.1) is 11.3 Å². The molecule has 0 aliphatic rings. The second kappa shape index (κ2) is 10.0. The minimum atomic E-state index is -0.206. The Labute approximate surface area is 193 Å². The fourth-order valence-electron chi connectivity index (χ4n) is 3.35. The number of pyridine rings is 1. The Morgan fingerprint density at radius 1 is 0.970 bits per heavy atom. The first kappa shape index (κ1) is 22.1. The van der Waals surface area contributed by atoms with Crippen LogP contribution in [-0.2, 0) is 6.42 Å². The lowest BCUT2D eigenvalue weighted by atomic mass is 10.0. The first-order valence-electron chi connectivity index (χ1n) is 11.0. The van der Waals surface area contributed by atoms with Crippen LogP contribution in [0.25, 0.3) is 11.3 Å². The van der Waals surface area contributed by atoms with Crippen LogP contribution >= 0.6 is 0 Å². The van der Waals surface area contributed by atoms with Crippen LogP contribution in [0.2, 0.25) is 0 Å². The third-order valence-corrected chi connectivity index (χ3v) is 5.21. The molecule has 0 fully saturated rings. The molecule has 0 atom stereocenters. The van der Waals surface area contributed by atoms with Crippen molar-refractivity contribution in [2.45, 2.75) is 33.1 Å². The molecule has 0 aliphatic heterocycles.